The summed E-state index contributed by atoms with van der Waals surface area (Å²) < 4.78 is 51.9. The van der Waals surface area contributed by atoms with Crippen LogP contribution in [0.5, 0.6) is 0 Å². The molecule has 4 amide bonds. The van der Waals surface area contributed by atoms with E-state index >= 15 is 0 Å². The fourth-order valence-corrected chi connectivity index (χ4v) is 4.33. The number of unbranched alkanes of at least 4 members (excludes halogenated alkanes) is 2. The van der Waals surface area contributed by atoms with Crippen molar-refractivity contribution in [3.8, 4) is 17.1 Å². The minimum atomic E-state index is -4.78. The molecule has 0 aliphatic carbocycles. The molecule has 0 bridgehead atoms. The normalized spacial score (nSPS) is 11.5. The van der Waals surface area contributed by atoms with Gasteiger partial charge in [0.05, 0.1) is 17.6 Å². The number of nitrogens with one attached hydrogen (secondary N) is 2. The summed E-state index contributed by atoms with van der Waals surface area (Å²) in [6.45, 7) is 3.22. The zero-order valence-corrected chi connectivity index (χ0v) is 27.1. The first-order chi connectivity index (χ1) is 23.5. The molecule has 0 aliphatic rings. The minimum absolute atomic E-state index is 0.0736. The summed E-state index contributed by atoms with van der Waals surface area (Å²) >= 11 is 0. The smallest absolute Gasteiger partial charge is 0.416 e. The Balaban J connectivity index is 1.50. The number of rotatable bonds is 13. The van der Waals surface area contributed by atoms with Crippen LogP contribution in [0.1, 0.15) is 71.4 Å². The van der Waals surface area contributed by atoms with Gasteiger partial charge in [0.25, 0.3) is 17.7 Å². The second-order valence-electron chi connectivity index (χ2n) is 11.7. The molecule has 264 valence electrons. The molecule has 0 radical (unpaired) electrons. The molecular formula is C32H33F3N8O7. The quantitative estimate of drug-likeness (QED) is 0.130. The van der Waals surface area contributed by atoms with Crippen LogP contribution in [0.4, 0.5) is 29.5 Å². The first-order valence-corrected chi connectivity index (χ1v) is 15.1. The topological polar surface area (TPSA) is 205 Å². The Hall–Kier alpha value is -6.07. The van der Waals surface area contributed by atoms with Crippen molar-refractivity contribution in [2.24, 2.45) is 5.73 Å². The van der Waals surface area contributed by atoms with Crippen LogP contribution in [0.15, 0.2) is 59.5 Å². The van der Waals surface area contributed by atoms with Gasteiger partial charge in [-0.2, -0.15) is 18.3 Å². The maximum atomic E-state index is 13.4. The third-order valence-electron chi connectivity index (χ3n) is 6.58. The number of nitrogens with two attached hydrogens (primary N) is 1. The van der Waals surface area contributed by atoms with Gasteiger partial charge in [0.15, 0.2) is 11.4 Å². The van der Waals surface area contributed by atoms with E-state index in [0.29, 0.717) is 42.0 Å². The van der Waals surface area contributed by atoms with Crippen molar-refractivity contribution in [2.75, 3.05) is 23.3 Å². The van der Waals surface area contributed by atoms with E-state index < -0.39 is 42.0 Å². The number of aldehydes is 1. The van der Waals surface area contributed by atoms with Gasteiger partial charge in [0, 0.05) is 30.3 Å². The number of hydrogen-bond acceptors (Lipinski definition) is 10. The van der Waals surface area contributed by atoms with Crippen LogP contribution in [0.2, 0.25) is 0 Å². The second-order valence-corrected chi connectivity index (χ2v) is 11.7. The fraction of sp³-hybridized carbons (Fsp3) is 0.312. The van der Waals surface area contributed by atoms with Crippen molar-refractivity contribution in [3.63, 3.8) is 0 Å². The molecule has 0 spiro atoms. The molecule has 1 aromatic carbocycles. The Morgan fingerprint density at radius 2 is 1.78 bits per heavy atom. The van der Waals surface area contributed by atoms with Crippen LogP contribution < -0.4 is 21.3 Å². The van der Waals surface area contributed by atoms with Gasteiger partial charge in [-0.05, 0) is 70.0 Å². The number of aromatic nitrogens is 4. The van der Waals surface area contributed by atoms with Gasteiger partial charge < -0.3 is 30.3 Å². The number of carbonyl (C=O) groups is 5. The molecular weight excluding hydrogens is 665 g/mol. The number of benzene rings is 1. The number of halogens is 3. The number of ether oxygens (including phenoxy) is 1. The zero-order chi connectivity index (χ0) is 36.6. The van der Waals surface area contributed by atoms with E-state index in [-0.39, 0.29) is 34.4 Å². The number of nitrogens with zero attached hydrogens (tertiary/aromatic N) is 5. The molecule has 0 aliphatic heterocycles. The van der Waals surface area contributed by atoms with E-state index in [1.165, 1.54) is 49.8 Å². The van der Waals surface area contributed by atoms with Gasteiger partial charge in [-0.25, -0.2) is 19.4 Å². The maximum absolute atomic E-state index is 13.4. The Morgan fingerprint density at radius 1 is 1.06 bits per heavy atom. The van der Waals surface area contributed by atoms with Crippen LogP contribution in [-0.2, 0) is 9.53 Å². The molecule has 0 atom stereocenters. The van der Waals surface area contributed by atoms with Crippen molar-refractivity contribution >= 4 is 41.6 Å². The highest BCUT2D eigenvalue weighted by Crippen LogP contribution is 2.27. The molecule has 15 nitrogen and oxygen atoms in total. The third-order valence-corrected chi connectivity index (χ3v) is 6.58. The van der Waals surface area contributed by atoms with E-state index in [0.717, 1.165) is 24.8 Å². The van der Waals surface area contributed by atoms with Gasteiger partial charge >= 0.3 is 12.3 Å². The Morgan fingerprint density at radius 3 is 2.42 bits per heavy atom. The molecule has 0 saturated heterocycles. The van der Waals surface area contributed by atoms with Crippen LogP contribution in [0, 0.1) is 0 Å². The Labute approximate surface area is 283 Å². The number of anilines is 2. The van der Waals surface area contributed by atoms with Crippen molar-refractivity contribution in [1.82, 2.24) is 25.1 Å². The van der Waals surface area contributed by atoms with Crippen LogP contribution in [0.25, 0.3) is 17.1 Å². The summed E-state index contributed by atoms with van der Waals surface area (Å²) in [5.41, 5.74) is 4.64. The number of hydrogen-bond donors (Lipinski definition) is 3. The standard InChI is InChI=1S/C32H33F3N8O7/c1-31(2,3)50-30(48)42(18-32(33,34)35)24-15-20(11-13-37-24)29-40-23(17-49-29)28(47)39-22-16-43(41-25(22)26(36)45)21-9-7-19(8-10-21)27(46)38-12-5-4-6-14-44/h7-11,13-17H,4-6,12,18H2,1-3H3,(H2,36,45)(H,38,46)(H,39,47). The molecule has 3 heterocycles. The van der Waals surface area contributed by atoms with Crippen molar-refractivity contribution in [2.45, 2.75) is 51.8 Å². The summed E-state index contributed by atoms with van der Waals surface area (Å²) in [4.78, 5) is 69.0. The highest BCUT2D eigenvalue weighted by atomic mass is 19.4. The average molecular weight is 699 g/mol. The summed E-state index contributed by atoms with van der Waals surface area (Å²) in [5.74, 6) is -2.71. The van der Waals surface area contributed by atoms with E-state index in [9.17, 15) is 37.1 Å². The number of carbonyl (C=O) groups excluding carboxylic acids is 5. The largest absolute Gasteiger partial charge is 0.444 e. The second kappa shape index (κ2) is 15.4. The van der Waals surface area contributed by atoms with Crippen molar-refractivity contribution in [1.29, 1.82) is 0 Å². The van der Waals surface area contributed by atoms with Gasteiger partial charge in [-0.15, -0.1) is 0 Å². The first kappa shape index (κ1) is 36.8. The number of alkyl halides is 3. The van der Waals surface area contributed by atoms with Gasteiger partial charge in [-0.1, -0.05) is 0 Å². The SMILES string of the molecule is CC(C)(C)OC(=O)N(CC(F)(F)F)c1cc(-c2nc(C(=O)Nc3cn(-c4ccc(C(=O)NCCCCC=O)cc4)nc3C(N)=O)co2)ccn1. The molecule has 0 unspecified atom stereocenters. The van der Waals surface area contributed by atoms with Gasteiger partial charge in [0.1, 0.15) is 30.5 Å². The molecule has 4 rings (SSSR count). The molecule has 0 fully saturated rings. The van der Waals surface area contributed by atoms with Gasteiger partial charge in [-0.3, -0.25) is 19.3 Å². The lowest BCUT2D eigenvalue weighted by molar-refractivity contribution is -0.119. The van der Waals surface area contributed by atoms with Crippen molar-refractivity contribution < 1.29 is 46.3 Å². The van der Waals surface area contributed by atoms with Crippen LogP contribution >= 0.6 is 0 Å². The Bertz CT molecular complexity index is 1860. The van der Waals surface area contributed by atoms with Crippen LogP contribution in [-0.4, -0.2) is 74.7 Å². The molecule has 4 N–H and O–H groups in total. The van der Waals surface area contributed by atoms with E-state index in [2.05, 4.69) is 25.7 Å². The lowest BCUT2D eigenvalue weighted by atomic mass is 10.2. The molecule has 4 aromatic rings. The number of amides is 4. The Kier molecular flexibility index (Phi) is 11.3. The molecule has 3 aromatic heterocycles. The summed E-state index contributed by atoms with van der Waals surface area (Å²) in [6.07, 6.45) is -0.0685. The van der Waals surface area contributed by atoms with E-state index in [4.69, 9.17) is 14.9 Å². The fourth-order valence-electron chi connectivity index (χ4n) is 4.33. The van der Waals surface area contributed by atoms with Gasteiger partial charge in [0.2, 0.25) is 5.89 Å². The summed E-state index contributed by atoms with van der Waals surface area (Å²) in [5, 5.41) is 9.39. The number of primary amides is 1. The predicted octanol–water partition coefficient (Wildman–Crippen LogP) is 4.68. The lowest BCUT2D eigenvalue weighted by Gasteiger charge is -2.27. The molecule has 50 heavy (non-hydrogen) atoms. The lowest BCUT2D eigenvalue weighted by Crippen LogP contribution is -2.42. The summed E-state index contributed by atoms with van der Waals surface area (Å²) in [7, 11) is 0. The molecule has 0 saturated carbocycles. The highest BCUT2D eigenvalue weighted by Gasteiger charge is 2.37. The van der Waals surface area contributed by atoms with E-state index in [1.807, 2.05) is 0 Å². The number of oxazole rings is 1. The minimum Gasteiger partial charge on any atom is -0.444 e. The first-order valence-electron chi connectivity index (χ1n) is 15.1. The van der Waals surface area contributed by atoms with E-state index in [1.54, 1.807) is 12.1 Å². The maximum Gasteiger partial charge on any atom is 0.416 e. The summed E-state index contributed by atoms with van der Waals surface area (Å²) in [6, 6.07) is 8.67. The average Bonchev–Trinajstić information content (AvgIpc) is 3.71. The highest BCUT2D eigenvalue weighted by molar-refractivity contribution is 6.07. The van der Waals surface area contributed by atoms with Crippen LogP contribution in [0.3, 0.4) is 0 Å². The monoisotopic (exact) mass is 698 g/mol. The van der Waals surface area contributed by atoms with Crippen molar-refractivity contribution in [3.05, 3.63) is 72.0 Å². The predicted molar refractivity (Wildman–Crippen MR) is 172 cm³/mol. The zero-order valence-electron chi connectivity index (χ0n) is 27.1. The molecule has 18 heteroatoms. The number of pyridine rings is 1. The third kappa shape index (κ3) is 9.97.